The topological polar surface area (TPSA) is 87.0 Å². The molecule has 3 atom stereocenters. The van der Waals surface area contributed by atoms with E-state index in [9.17, 15) is 14.4 Å². The van der Waals surface area contributed by atoms with Gasteiger partial charge in [-0.15, -0.1) is 0 Å². The molecule has 3 aromatic rings. The highest BCUT2D eigenvalue weighted by Gasteiger charge is 2.63. The molecule has 3 aliphatic rings. The van der Waals surface area contributed by atoms with Gasteiger partial charge in [0.25, 0.3) is 11.8 Å². The lowest BCUT2D eigenvalue weighted by Gasteiger charge is -2.34. The van der Waals surface area contributed by atoms with Crippen molar-refractivity contribution in [1.29, 1.82) is 0 Å². The third kappa shape index (κ3) is 2.16. The molecular formula is C22H18N4O4. The normalized spacial score (nSPS) is 25.0. The Balaban J connectivity index is 1.36. The second kappa shape index (κ2) is 5.91. The Morgan fingerprint density at radius 2 is 1.93 bits per heavy atom. The fourth-order valence-electron chi connectivity index (χ4n) is 5.13. The molecule has 0 spiro atoms. The van der Waals surface area contributed by atoms with Crippen molar-refractivity contribution in [3.05, 3.63) is 60.0 Å². The Hall–Kier alpha value is -3.68. The van der Waals surface area contributed by atoms with Crippen LogP contribution < -0.4 is 4.90 Å². The predicted octanol–water partition coefficient (Wildman–Crippen LogP) is 2.57. The molecule has 0 saturated carbocycles. The van der Waals surface area contributed by atoms with E-state index in [1.165, 1.54) is 4.90 Å². The van der Waals surface area contributed by atoms with Crippen LogP contribution in [-0.4, -0.2) is 57.5 Å². The maximum absolute atomic E-state index is 13.4. The average molecular weight is 402 g/mol. The van der Waals surface area contributed by atoms with Crippen LogP contribution in [-0.2, 0) is 4.79 Å². The SMILES string of the molecule is Cc1cc(C(=O)N2CC3CC2C2C(=O)N(c4cccc5ccccc45)C(=O)N32)no1. The maximum atomic E-state index is 13.4. The molecular weight excluding hydrogens is 384 g/mol. The fraction of sp³-hybridized carbons (Fsp3) is 0.273. The second-order valence-corrected chi connectivity index (χ2v) is 8.04. The first-order valence-corrected chi connectivity index (χ1v) is 9.93. The van der Waals surface area contributed by atoms with Crippen molar-refractivity contribution in [3.8, 4) is 0 Å². The predicted molar refractivity (Wildman–Crippen MR) is 107 cm³/mol. The van der Waals surface area contributed by atoms with Crippen molar-refractivity contribution >= 4 is 34.3 Å². The maximum Gasteiger partial charge on any atom is 0.332 e. The van der Waals surface area contributed by atoms with Crippen LogP contribution >= 0.6 is 0 Å². The molecule has 8 nitrogen and oxygen atoms in total. The first kappa shape index (κ1) is 17.2. The van der Waals surface area contributed by atoms with E-state index < -0.39 is 6.04 Å². The molecule has 3 fully saturated rings. The molecule has 4 amide bonds. The molecule has 3 saturated heterocycles. The molecule has 6 rings (SSSR count). The van der Waals surface area contributed by atoms with Gasteiger partial charge < -0.3 is 14.3 Å². The van der Waals surface area contributed by atoms with Crippen LogP contribution in [0.25, 0.3) is 10.8 Å². The fourth-order valence-corrected chi connectivity index (χ4v) is 5.13. The number of urea groups is 1. The van der Waals surface area contributed by atoms with Gasteiger partial charge >= 0.3 is 6.03 Å². The molecule has 3 aliphatic heterocycles. The number of hydrogen-bond acceptors (Lipinski definition) is 5. The van der Waals surface area contributed by atoms with E-state index in [4.69, 9.17) is 4.52 Å². The first-order valence-electron chi connectivity index (χ1n) is 9.93. The van der Waals surface area contributed by atoms with Gasteiger partial charge in [0.2, 0.25) is 0 Å². The van der Waals surface area contributed by atoms with Crippen LogP contribution in [0.15, 0.2) is 53.1 Å². The number of likely N-dealkylation sites (tertiary alicyclic amines) is 1. The van der Waals surface area contributed by atoms with Crippen molar-refractivity contribution in [2.45, 2.75) is 31.5 Å². The Labute approximate surface area is 171 Å². The highest BCUT2D eigenvalue weighted by Crippen LogP contribution is 2.43. The molecule has 150 valence electrons. The summed E-state index contributed by atoms with van der Waals surface area (Å²) in [6.45, 7) is 2.12. The third-order valence-corrected chi connectivity index (χ3v) is 6.38. The zero-order valence-corrected chi connectivity index (χ0v) is 16.2. The molecule has 30 heavy (non-hydrogen) atoms. The lowest BCUT2D eigenvalue weighted by Crippen LogP contribution is -2.54. The van der Waals surface area contributed by atoms with E-state index in [1.54, 1.807) is 28.9 Å². The summed E-state index contributed by atoms with van der Waals surface area (Å²) in [7, 11) is 0. The Morgan fingerprint density at radius 1 is 1.13 bits per heavy atom. The molecule has 0 N–H and O–H groups in total. The number of imide groups is 1. The van der Waals surface area contributed by atoms with Gasteiger partial charge in [-0.25, -0.2) is 9.69 Å². The van der Waals surface area contributed by atoms with Crippen LogP contribution in [0.5, 0.6) is 0 Å². The van der Waals surface area contributed by atoms with Gasteiger partial charge in [0.05, 0.1) is 17.8 Å². The van der Waals surface area contributed by atoms with Gasteiger partial charge in [-0.05, 0) is 24.8 Å². The van der Waals surface area contributed by atoms with Crippen LogP contribution in [0.3, 0.4) is 0 Å². The third-order valence-electron chi connectivity index (χ3n) is 6.38. The van der Waals surface area contributed by atoms with E-state index in [0.29, 0.717) is 24.4 Å². The van der Waals surface area contributed by atoms with Crippen molar-refractivity contribution < 1.29 is 18.9 Å². The summed E-state index contributed by atoms with van der Waals surface area (Å²) in [5.41, 5.74) is 0.816. The van der Waals surface area contributed by atoms with Gasteiger partial charge in [0.1, 0.15) is 11.8 Å². The summed E-state index contributed by atoms with van der Waals surface area (Å²) >= 11 is 0. The van der Waals surface area contributed by atoms with Crippen molar-refractivity contribution in [1.82, 2.24) is 15.0 Å². The zero-order chi connectivity index (χ0) is 20.6. The number of aromatic nitrogens is 1. The lowest BCUT2D eigenvalue weighted by atomic mass is 10.1. The van der Waals surface area contributed by atoms with Gasteiger partial charge in [-0.3, -0.25) is 9.59 Å². The van der Waals surface area contributed by atoms with Crippen molar-refractivity contribution in [2.24, 2.45) is 0 Å². The van der Waals surface area contributed by atoms with Crippen LogP contribution in [0.4, 0.5) is 10.5 Å². The zero-order valence-electron chi connectivity index (χ0n) is 16.2. The van der Waals surface area contributed by atoms with Crippen molar-refractivity contribution in [3.63, 3.8) is 0 Å². The average Bonchev–Trinajstić information content (AvgIpc) is 3.51. The number of carbonyl (C=O) groups excluding carboxylic acids is 3. The summed E-state index contributed by atoms with van der Waals surface area (Å²) in [5, 5.41) is 5.63. The van der Waals surface area contributed by atoms with Crippen LogP contribution in [0, 0.1) is 6.92 Å². The van der Waals surface area contributed by atoms with E-state index >= 15 is 0 Å². The van der Waals surface area contributed by atoms with E-state index in [-0.39, 0.29) is 35.6 Å². The summed E-state index contributed by atoms with van der Waals surface area (Å²) in [4.78, 5) is 44.2. The van der Waals surface area contributed by atoms with Crippen molar-refractivity contribution in [2.75, 3.05) is 11.4 Å². The number of rotatable bonds is 2. The number of nitrogens with zero attached hydrogens (tertiary/aromatic N) is 4. The number of fused-ring (bicyclic) bond motifs is 6. The minimum atomic E-state index is -0.660. The quantitative estimate of drug-likeness (QED) is 0.615. The number of carbonyl (C=O) groups is 3. The van der Waals surface area contributed by atoms with E-state index in [1.807, 2.05) is 36.4 Å². The molecule has 0 radical (unpaired) electrons. The summed E-state index contributed by atoms with van der Waals surface area (Å²) in [5.74, 6) is 0.0131. The highest BCUT2D eigenvalue weighted by molar-refractivity contribution is 6.25. The number of amides is 4. The largest absolute Gasteiger partial charge is 0.361 e. The highest BCUT2D eigenvalue weighted by atomic mass is 16.5. The lowest BCUT2D eigenvalue weighted by molar-refractivity contribution is -0.121. The first-order chi connectivity index (χ1) is 14.5. The minimum Gasteiger partial charge on any atom is -0.361 e. The Bertz CT molecular complexity index is 1230. The molecule has 8 heteroatoms. The standard InChI is InChI=1S/C22H18N4O4/c1-12-9-16(23-30-12)20(27)24-11-14-10-18(24)19-21(28)26(22(29)25(14)19)17-8-4-6-13-5-2-3-7-15(13)17/h2-9,14,18-19H,10-11H2,1H3. The number of piperazine rings is 1. The minimum absolute atomic E-state index is 0.173. The number of benzene rings is 2. The van der Waals surface area contributed by atoms with E-state index in [0.717, 1.165) is 10.8 Å². The molecule has 2 bridgehead atoms. The Kier molecular flexibility index (Phi) is 3.39. The summed E-state index contributed by atoms with van der Waals surface area (Å²) in [6, 6.07) is 13.4. The molecule has 4 heterocycles. The van der Waals surface area contributed by atoms with E-state index in [2.05, 4.69) is 5.16 Å². The molecule has 0 aliphatic carbocycles. The van der Waals surface area contributed by atoms with Gasteiger partial charge in [-0.1, -0.05) is 41.6 Å². The second-order valence-electron chi connectivity index (χ2n) is 8.04. The van der Waals surface area contributed by atoms with Gasteiger partial charge in [0.15, 0.2) is 5.69 Å². The van der Waals surface area contributed by atoms with Crippen LogP contribution in [0.2, 0.25) is 0 Å². The molecule has 2 aromatic carbocycles. The summed E-state index contributed by atoms with van der Waals surface area (Å²) in [6.07, 6.45) is 0.605. The van der Waals surface area contributed by atoms with Crippen LogP contribution in [0.1, 0.15) is 22.7 Å². The Morgan fingerprint density at radius 3 is 2.73 bits per heavy atom. The molecule has 3 unspecified atom stereocenters. The van der Waals surface area contributed by atoms with Gasteiger partial charge in [-0.2, -0.15) is 0 Å². The number of hydrogen-bond donors (Lipinski definition) is 0. The number of anilines is 1. The molecule has 1 aromatic heterocycles. The number of aryl methyl sites for hydroxylation is 1. The van der Waals surface area contributed by atoms with Gasteiger partial charge in [0, 0.05) is 18.0 Å². The monoisotopic (exact) mass is 402 g/mol. The smallest absolute Gasteiger partial charge is 0.332 e. The summed E-state index contributed by atoms with van der Waals surface area (Å²) < 4.78 is 5.03.